The van der Waals surface area contributed by atoms with E-state index in [0.717, 1.165) is 11.3 Å². The molecule has 5 heteroatoms. The number of aryl methyl sites for hydroxylation is 2. The molecule has 0 bridgehead atoms. The van der Waals surface area contributed by atoms with Gasteiger partial charge in [-0.15, -0.1) is 0 Å². The second kappa shape index (κ2) is 5.76. The smallest absolute Gasteiger partial charge is 0.265 e. The van der Waals surface area contributed by atoms with E-state index in [-0.39, 0.29) is 11.8 Å². The molecule has 0 aliphatic carbocycles. The molecule has 118 valence electrons. The summed E-state index contributed by atoms with van der Waals surface area (Å²) in [6, 6.07) is 10.8. The van der Waals surface area contributed by atoms with Gasteiger partial charge in [0.15, 0.2) is 6.10 Å². The fraction of sp³-hybridized carbons (Fsp3) is 0.222. The van der Waals surface area contributed by atoms with Crippen LogP contribution in [0.15, 0.2) is 36.4 Å². The summed E-state index contributed by atoms with van der Waals surface area (Å²) in [6.07, 6.45) is -0.569. The van der Waals surface area contributed by atoms with Crippen LogP contribution < -0.4 is 15.4 Å². The van der Waals surface area contributed by atoms with Gasteiger partial charge in [-0.2, -0.15) is 0 Å². The Labute approximate surface area is 134 Å². The van der Waals surface area contributed by atoms with E-state index in [4.69, 9.17) is 4.74 Å². The van der Waals surface area contributed by atoms with Crippen molar-refractivity contribution in [3.05, 3.63) is 53.1 Å². The average Bonchev–Trinajstić information content (AvgIpc) is 2.51. The number of ether oxygens (including phenoxy) is 1. The highest BCUT2D eigenvalue weighted by molar-refractivity contribution is 6.06. The van der Waals surface area contributed by atoms with E-state index in [2.05, 4.69) is 10.6 Å². The number of hydrogen-bond acceptors (Lipinski definition) is 3. The van der Waals surface area contributed by atoms with Gasteiger partial charge in [-0.25, -0.2) is 0 Å². The molecule has 0 radical (unpaired) electrons. The molecule has 1 aliphatic heterocycles. The quantitative estimate of drug-likeness (QED) is 0.894. The van der Waals surface area contributed by atoms with Crippen molar-refractivity contribution in [2.24, 2.45) is 0 Å². The zero-order valence-corrected chi connectivity index (χ0v) is 13.3. The van der Waals surface area contributed by atoms with Crippen molar-refractivity contribution in [2.45, 2.75) is 26.9 Å². The van der Waals surface area contributed by atoms with Crippen molar-refractivity contribution in [2.75, 3.05) is 10.6 Å². The number of nitrogens with one attached hydrogen (secondary N) is 2. The first-order chi connectivity index (χ1) is 10.9. The van der Waals surface area contributed by atoms with E-state index in [1.54, 1.807) is 25.1 Å². The van der Waals surface area contributed by atoms with Crippen LogP contribution in [-0.2, 0) is 4.79 Å². The van der Waals surface area contributed by atoms with Gasteiger partial charge < -0.3 is 15.4 Å². The van der Waals surface area contributed by atoms with Crippen molar-refractivity contribution >= 4 is 23.2 Å². The van der Waals surface area contributed by atoms with Gasteiger partial charge in [0.25, 0.3) is 11.8 Å². The van der Waals surface area contributed by atoms with Gasteiger partial charge in [0.05, 0.1) is 5.69 Å². The second-order valence-corrected chi connectivity index (χ2v) is 5.71. The van der Waals surface area contributed by atoms with Gasteiger partial charge in [-0.1, -0.05) is 6.07 Å². The Hall–Kier alpha value is -2.82. The van der Waals surface area contributed by atoms with Crippen LogP contribution in [0.5, 0.6) is 5.75 Å². The first-order valence-corrected chi connectivity index (χ1v) is 7.44. The summed E-state index contributed by atoms with van der Waals surface area (Å²) < 4.78 is 5.53. The molecular weight excluding hydrogens is 292 g/mol. The zero-order chi connectivity index (χ0) is 16.6. The van der Waals surface area contributed by atoms with Crippen LogP contribution in [0.1, 0.15) is 28.4 Å². The second-order valence-electron chi connectivity index (χ2n) is 5.71. The maximum Gasteiger partial charge on any atom is 0.265 e. The van der Waals surface area contributed by atoms with E-state index in [1.807, 2.05) is 32.0 Å². The summed E-state index contributed by atoms with van der Waals surface area (Å²) in [4.78, 5) is 23.9. The lowest BCUT2D eigenvalue weighted by Gasteiger charge is -2.23. The van der Waals surface area contributed by atoms with Crippen molar-refractivity contribution in [3.8, 4) is 5.75 Å². The molecule has 2 N–H and O–H groups in total. The molecule has 23 heavy (non-hydrogen) atoms. The van der Waals surface area contributed by atoms with Crippen LogP contribution >= 0.6 is 0 Å². The maximum atomic E-state index is 12.4. The Morgan fingerprint density at radius 1 is 1.13 bits per heavy atom. The monoisotopic (exact) mass is 310 g/mol. The molecule has 0 fully saturated rings. The molecule has 0 saturated heterocycles. The van der Waals surface area contributed by atoms with E-state index in [9.17, 15) is 9.59 Å². The number of carbonyl (C=O) groups excluding carboxylic acids is 2. The Bertz CT molecular complexity index is 799. The van der Waals surface area contributed by atoms with Gasteiger partial charge in [0.2, 0.25) is 0 Å². The van der Waals surface area contributed by atoms with Crippen LogP contribution in [0.3, 0.4) is 0 Å². The summed E-state index contributed by atoms with van der Waals surface area (Å²) in [7, 11) is 0. The lowest BCUT2D eigenvalue weighted by atomic mass is 10.1. The fourth-order valence-corrected chi connectivity index (χ4v) is 2.37. The molecule has 0 spiro atoms. The third kappa shape index (κ3) is 3.04. The Kier molecular flexibility index (Phi) is 3.78. The molecule has 2 amide bonds. The number of benzene rings is 2. The summed E-state index contributed by atoms with van der Waals surface area (Å²) in [6.45, 7) is 5.69. The molecule has 5 nitrogen and oxygen atoms in total. The van der Waals surface area contributed by atoms with Crippen LogP contribution in [0.2, 0.25) is 0 Å². The summed E-state index contributed by atoms with van der Waals surface area (Å²) in [5.74, 6) is 0.0962. The van der Waals surface area contributed by atoms with E-state index < -0.39 is 6.10 Å². The molecule has 1 aliphatic rings. The molecule has 2 aromatic carbocycles. The highest BCUT2D eigenvalue weighted by Gasteiger charge is 2.24. The van der Waals surface area contributed by atoms with Crippen LogP contribution in [0, 0.1) is 13.8 Å². The van der Waals surface area contributed by atoms with Crippen molar-refractivity contribution in [1.82, 2.24) is 0 Å². The average molecular weight is 310 g/mol. The number of hydrogen-bond donors (Lipinski definition) is 2. The number of carbonyl (C=O) groups is 2. The fourth-order valence-electron chi connectivity index (χ4n) is 2.37. The lowest BCUT2D eigenvalue weighted by molar-refractivity contribution is -0.122. The third-order valence-corrected chi connectivity index (χ3v) is 3.94. The number of rotatable bonds is 2. The van der Waals surface area contributed by atoms with Crippen LogP contribution in [-0.4, -0.2) is 17.9 Å². The molecular formula is C18H18N2O3. The minimum absolute atomic E-state index is 0.190. The molecule has 1 atom stereocenters. The summed E-state index contributed by atoms with van der Waals surface area (Å²) in [5, 5.41) is 5.61. The topological polar surface area (TPSA) is 67.4 Å². The molecule has 0 aromatic heterocycles. The number of anilines is 2. The molecule has 0 saturated carbocycles. The SMILES string of the molecule is Cc1ccc(NC(=O)c2ccc3c(c2)OC(C)C(=O)N3)cc1C. The summed E-state index contributed by atoms with van der Waals surface area (Å²) >= 11 is 0. The largest absolute Gasteiger partial charge is 0.479 e. The number of fused-ring (bicyclic) bond motifs is 1. The first kappa shape index (κ1) is 15.1. The van der Waals surface area contributed by atoms with Crippen molar-refractivity contribution in [1.29, 1.82) is 0 Å². The van der Waals surface area contributed by atoms with E-state index in [1.165, 1.54) is 5.56 Å². The van der Waals surface area contributed by atoms with Crippen LogP contribution in [0.25, 0.3) is 0 Å². The van der Waals surface area contributed by atoms with Gasteiger partial charge in [-0.05, 0) is 62.2 Å². The minimum atomic E-state index is -0.569. The highest BCUT2D eigenvalue weighted by atomic mass is 16.5. The van der Waals surface area contributed by atoms with E-state index in [0.29, 0.717) is 17.0 Å². The molecule has 3 rings (SSSR count). The molecule has 1 heterocycles. The maximum absolute atomic E-state index is 12.4. The normalized spacial score (nSPS) is 16.1. The molecule has 2 aromatic rings. The lowest BCUT2D eigenvalue weighted by Crippen LogP contribution is -2.34. The Morgan fingerprint density at radius 3 is 2.65 bits per heavy atom. The predicted octanol–water partition coefficient (Wildman–Crippen LogP) is 3.28. The summed E-state index contributed by atoms with van der Waals surface area (Å²) in [5.41, 5.74) is 4.10. The van der Waals surface area contributed by atoms with Gasteiger partial charge in [-0.3, -0.25) is 9.59 Å². The van der Waals surface area contributed by atoms with Crippen LogP contribution in [0.4, 0.5) is 11.4 Å². The highest BCUT2D eigenvalue weighted by Crippen LogP contribution is 2.30. The van der Waals surface area contributed by atoms with Gasteiger partial charge in [0, 0.05) is 11.3 Å². The number of amides is 2. The van der Waals surface area contributed by atoms with Crippen molar-refractivity contribution in [3.63, 3.8) is 0 Å². The van der Waals surface area contributed by atoms with Gasteiger partial charge in [0.1, 0.15) is 5.75 Å². The first-order valence-electron chi connectivity index (χ1n) is 7.44. The van der Waals surface area contributed by atoms with E-state index >= 15 is 0 Å². The van der Waals surface area contributed by atoms with Crippen molar-refractivity contribution < 1.29 is 14.3 Å². The minimum Gasteiger partial charge on any atom is -0.479 e. The zero-order valence-electron chi connectivity index (χ0n) is 13.3. The molecule has 1 unspecified atom stereocenters. The Balaban J connectivity index is 1.81. The Morgan fingerprint density at radius 2 is 1.91 bits per heavy atom. The van der Waals surface area contributed by atoms with Gasteiger partial charge >= 0.3 is 0 Å². The standard InChI is InChI=1S/C18H18N2O3/c1-10-4-6-14(8-11(10)2)19-18(22)13-5-7-15-16(9-13)23-12(3)17(21)20-15/h4-9,12H,1-3H3,(H,19,22)(H,20,21). The third-order valence-electron chi connectivity index (χ3n) is 3.94. The predicted molar refractivity (Wildman–Crippen MR) is 89.0 cm³/mol.